The van der Waals surface area contributed by atoms with E-state index in [0.717, 1.165) is 23.9 Å². The first-order valence-corrected chi connectivity index (χ1v) is 4.77. The Bertz CT molecular complexity index is 225. The second-order valence-electron chi connectivity index (χ2n) is 3.61. The van der Waals surface area contributed by atoms with E-state index < -0.39 is 0 Å². The van der Waals surface area contributed by atoms with Crippen LogP contribution in [0, 0.1) is 12.8 Å². The molecule has 0 radical (unpaired) electrons. The van der Waals surface area contributed by atoms with E-state index in [1.165, 1.54) is 12.8 Å². The van der Waals surface area contributed by atoms with Crippen molar-refractivity contribution < 1.29 is 4.42 Å². The highest BCUT2D eigenvalue weighted by Crippen LogP contribution is 2.15. The highest BCUT2D eigenvalue weighted by atomic mass is 16.3. The molecule has 1 aromatic rings. The maximum Gasteiger partial charge on any atom is 0.104 e. The van der Waals surface area contributed by atoms with E-state index in [1.54, 1.807) is 0 Å². The van der Waals surface area contributed by atoms with Crippen LogP contribution in [0.15, 0.2) is 16.5 Å². The third kappa shape index (κ3) is 2.72. The van der Waals surface area contributed by atoms with Crippen LogP contribution < -0.4 is 0 Å². The summed E-state index contributed by atoms with van der Waals surface area (Å²) < 4.78 is 5.50. The molecule has 0 fully saturated rings. The molecule has 0 aliphatic rings. The van der Waals surface area contributed by atoms with E-state index in [2.05, 4.69) is 19.9 Å². The number of hydrogen-bond donors (Lipinski definition) is 0. The van der Waals surface area contributed by atoms with Crippen LogP contribution >= 0.6 is 0 Å². The molecule has 0 saturated carbocycles. The summed E-state index contributed by atoms with van der Waals surface area (Å²) in [6, 6.07) is 4.12. The molecule has 0 aliphatic carbocycles. The van der Waals surface area contributed by atoms with Crippen molar-refractivity contribution in [3.8, 4) is 0 Å². The lowest BCUT2D eigenvalue weighted by Crippen LogP contribution is -1.97. The topological polar surface area (TPSA) is 13.1 Å². The Kier molecular flexibility index (Phi) is 3.39. The average Bonchev–Trinajstić information content (AvgIpc) is 2.36. The standard InChI is InChI=1S/C11H18O/c1-4-5-9(2)8-11-7-6-10(3)12-11/h6-7,9H,4-5,8H2,1-3H3. The van der Waals surface area contributed by atoms with Gasteiger partial charge in [0.15, 0.2) is 0 Å². The smallest absolute Gasteiger partial charge is 0.104 e. The summed E-state index contributed by atoms with van der Waals surface area (Å²) in [7, 11) is 0. The van der Waals surface area contributed by atoms with E-state index in [-0.39, 0.29) is 0 Å². The minimum Gasteiger partial charge on any atom is -0.466 e. The molecule has 1 aromatic heterocycles. The van der Waals surface area contributed by atoms with Gasteiger partial charge in [-0.15, -0.1) is 0 Å². The summed E-state index contributed by atoms with van der Waals surface area (Å²) in [5.74, 6) is 2.91. The van der Waals surface area contributed by atoms with Gasteiger partial charge in [-0.2, -0.15) is 0 Å². The fraction of sp³-hybridized carbons (Fsp3) is 0.636. The first kappa shape index (κ1) is 9.37. The zero-order chi connectivity index (χ0) is 8.97. The van der Waals surface area contributed by atoms with Gasteiger partial charge in [0.05, 0.1) is 0 Å². The monoisotopic (exact) mass is 166 g/mol. The van der Waals surface area contributed by atoms with E-state index in [0.29, 0.717) is 0 Å². The van der Waals surface area contributed by atoms with Crippen LogP contribution in [0.4, 0.5) is 0 Å². The zero-order valence-electron chi connectivity index (χ0n) is 8.26. The first-order valence-electron chi connectivity index (χ1n) is 4.77. The van der Waals surface area contributed by atoms with Gasteiger partial charge in [-0.05, 0) is 25.0 Å². The summed E-state index contributed by atoms with van der Waals surface area (Å²) in [6.45, 7) is 6.50. The van der Waals surface area contributed by atoms with Crippen LogP contribution in [0.5, 0.6) is 0 Å². The van der Waals surface area contributed by atoms with Crippen LogP contribution in [0.3, 0.4) is 0 Å². The van der Waals surface area contributed by atoms with E-state index >= 15 is 0 Å². The molecule has 1 heteroatoms. The van der Waals surface area contributed by atoms with Crippen LogP contribution in [0.1, 0.15) is 38.2 Å². The molecule has 0 aliphatic heterocycles. The van der Waals surface area contributed by atoms with Gasteiger partial charge < -0.3 is 4.42 Å². The van der Waals surface area contributed by atoms with Crippen molar-refractivity contribution in [1.29, 1.82) is 0 Å². The molecule has 1 heterocycles. The third-order valence-corrected chi connectivity index (χ3v) is 2.13. The van der Waals surface area contributed by atoms with Crippen LogP contribution in [0.2, 0.25) is 0 Å². The first-order chi connectivity index (χ1) is 5.72. The van der Waals surface area contributed by atoms with Gasteiger partial charge >= 0.3 is 0 Å². The zero-order valence-corrected chi connectivity index (χ0v) is 8.26. The van der Waals surface area contributed by atoms with Crippen LogP contribution in [0.25, 0.3) is 0 Å². The van der Waals surface area contributed by atoms with Crippen molar-refractivity contribution in [3.63, 3.8) is 0 Å². The summed E-state index contributed by atoms with van der Waals surface area (Å²) in [5.41, 5.74) is 0. The molecule has 0 bridgehead atoms. The molecule has 0 saturated heterocycles. The molecule has 68 valence electrons. The predicted octanol–water partition coefficient (Wildman–Crippen LogP) is 3.57. The quantitative estimate of drug-likeness (QED) is 0.666. The second kappa shape index (κ2) is 4.34. The number of rotatable bonds is 4. The van der Waals surface area contributed by atoms with Crippen LogP contribution in [-0.4, -0.2) is 0 Å². The molecule has 12 heavy (non-hydrogen) atoms. The fourth-order valence-electron chi connectivity index (χ4n) is 1.53. The van der Waals surface area contributed by atoms with Gasteiger partial charge in [0.1, 0.15) is 11.5 Å². The number of aryl methyl sites for hydroxylation is 1. The minimum absolute atomic E-state index is 0.751. The molecule has 0 N–H and O–H groups in total. The summed E-state index contributed by atoms with van der Waals surface area (Å²) in [4.78, 5) is 0. The van der Waals surface area contributed by atoms with E-state index in [1.807, 2.05) is 13.0 Å². The van der Waals surface area contributed by atoms with Gasteiger partial charge in [-0.3, -0.25) is 0 Å². The van der Waals surface area contributed by atoms with E-state index in [9.17, 15) is 0 Å². The van der Waals surface area contributed by atoms with Crippen molar-refractivity contribution in [2.75, 3.05) is 0 Å². The average molecular weight is 166 g/mol. The van der Waals surface area contributed by atoms with Gasteiger partial charge in [0, 0.05) is 6.42 Å². The molecular formula is C11H18O. The summed E-state index contributed by atoms with van der Waals surface area (Å²) in [5, 5.41) is 0. The van der Waals surface area contributed by atoms with Gasteiger partial charge in [-0.25, -0.2) is 0 Å². The molecule has 0 spiro atoms. The second-order valence-corrected chi connectivity index (χ2v) is 3.61. The number of furan rings is 1. The minimum atomic E-state index is 0.751. The molecule has 1 unspecified atom stereocenters. The van der Waals surface area contributed by atoms with E-state index in [4.69, 9.17) is 4.42 Å². The Hall–Kier alpha value is -0.720. The summed E-state index contributed by atoms with van der Waals surface area (Å²) in [6.07, 6.45) is 3.64. The molecule has 1 nitrogen and oxygen atoms in total. The largest absolute Gasteiger partial charge is 0.466 e. The third-order valence-electron chi connectivity index (χ3n) is 2.13. The predicted molar refractivity (Wildman–Crippen MR) is 51.2 cm³/mol. The lowest BCUT2D eigenvalue weighted by molar-refractivity contribution is 0.425. The van der Waals surface area contributed by atoms with Crippen molar-refractivity contribution in [2.45, 2.75) is 40.0 Å². The lowest BCUT2D eigenvalue weighted by Gasteiger charge is -2.06. The Labute approximate surface area is 74.8 Å². The molecule has 0 amide bonds. The van der Waals surface area contributed by atoms with Crippen molar-refractivity contribution in [2.24, 2.45) is 5.92 Å². The Morgan fingerprint density at radius 3 is 2.67 bits per heavy atom. The van der Waals surface area contributed by atoms with Gasteiger partial charge in [-0.1, -0.05) is 26.7 Å². The van der Waals surface area contributed by atoms with Gasteiger partial charge in [0.25, 0.3) is 0 Å². The Balaban J connectivity index is 2.41. The number of hydrogen-bond acceptors (Lipinski definition) is 1. The maximum atomic E-state index is 5.50. The van der Waals surface area contributed by atoms with Gasteiger partial charge in [0.2, 0.25) is 0 Å². The SMILES string of the molecule is CCCC(C)Cc1ccc(C)o1. The van der Waals surface area contributed by atoms with Crippen LogP contribution in [-0.2, 0) is 6.42 Å². The maximum absolute atomic E-state index is 5.50. The van der Waals surface area contributed by atoms with Crippen molar-refractivity contribution in [3.05, 3.63) is 23.7 Å². The molecule has 1 atom stereocenters. The fourth-order valence-corrected chi connectivity index (χ4v) is 1.53. The van der Waals surface area contributed by atoms with Crippen molar-refractivity contribution in [1.82, 2.24) is 0 Å². The normalized spacial score (nSPS) is 13.2. The Morgan fingerprint density at radius 1 is 1.42 bits per heavy atom. The Morgan fingerprint density at radius 2 is 2.17 bits per heavy atom. The highest BCUT2D eigenvalue weighted by Gasteiger charge is 2.04. The van der Waals surface area contributed by atoms with Crippen molar-refractivity contribution >= 4 is 0 Å². The molecule has 0 aromatic carbocycles. The highest BCUT2D eigenvalue weighted by molar-refractivity contribution is 5.05. The summed E-state index contributed by atoms with van der Waals surface area (Å²) >= 11 is 0. The molecular weight excluding hydrogens is 148 g/mol. The lowest BCUT2D eigenvalue weighted by atomic mass is 10.0. The molecule has 1 rings (SSSR count).